The second kappa shape index (κ2) is 5.53. The van der Waals surface area contributed by atoms with Gasteiger partial charge < -0.3 is 16.3 Å². The average Bonchev–Trinajstić information content (AvgIpc) is 1.30. The Balaban J connectivity index is -0.000000180. The zero-order chi connectivity index (χ0) is 5.91. The van der Waals surface area contributed by atoms with E-state index >= 15 is 0 Å². The second-order valence-electron chi connectivity index (χ2n) is 1.11. The molecule has 46 valence electrons. The zero-order valence-electron chi connectivity index (χ0n) is 5.61. The van der Waals surface area contributed by atoms with Crippen LogP contribution in [0.25, 0.3) is 0 Å². The van der Waals surface area contributed by atoms with Gasteiger partial charge in [-0.3, -0.25) is 4.57 Å². The molecule has 0 atom stereocenters. The molecule has 3 N–H and O–H groups in total. The van der Waals surface area contributed by atoms with Crippen molar-refractivity contribution in [2.45, 2.75) is 0 Å². The summed E-state index contributed by atoms with van der Waals surface area (Å²) in [7, 11) is -3.92. The topological polar surface area (TPSA) is 77.8 Å². The molecule has 0 radical (unpaired) electrons. The number of aliphatic hydroxyl groups is 1. The van der Waals surface area contributed by atoms with E-state index in [-0.39, 0.29) is 52.8 Å². The van der Waals surface area contributed by atoms with Gasteiger partial charge in [-0.05, 0) is 0 Å². The van der Waals surface area contributed by atoms with Crippen LogP contribution >= 0.6 is 7.60 Å². The van der Waals surface area contributed by atoms with Gasteiger partial charge in [0, 0.05) is 0 Å². The molecule has 0 aliphatic carbocycles. The Labute approximate surface area is 91.4 Å². The number of aliphatic hydroxyl groups excluding tert-OH is 1. The molecule has 0 aromatic rings. The Morgan fingerprint density at radius 1 is 1.50 bits per heavy atom. The molecule has 0 aliphatic heterocycles. The molecule has 0 amide bonds. The number of hydrogen-bond acceptors (Lipinski definition) is 2. The van der Waals surface area contributed by atoms with Gasteiger partial charge in [-0.2, -0.15) is 0 Å². The second-order valence-corrected chi connectivity index (χ2v) is 2.89. The summed E-state index contributed by atoms with van der Waals surface area (Å²) < 4.78 is 9.77. The molecule has 0 saturated heterocycles. The van der Waals surface area contributed by atoms with E-state index < -0.39 is 20.4 Å². The molecule has 0 heterocycles. The van der Waals surface area contributed by atoms with Crippen molar-refractivity contribution in [1.82, 2.24) is 0 Å². The summed E-state index contributed by atoms with van der Waals surface area (Å²) in [6, 6.07) is 0. The van der Waals surface area contributed by atoms with Crippen LogP contribution in [-0.4, -0.2) is 27.7 Å². The van der Waals surface area contributed by atoms with Gasteiger partial charge in [0.25, 0.3) is 0 Å². The van der Waals surface area contributed by atoms with E-state index in [1.54, 1.807) is 0 Å². The predicted molar refractivity (Wildman–Crippen MR) is 25.1 cm³/mol. The van der Waals surface area contributed by atoms with Crippen LogP contribution in [0.5, 0.6) is 0 Å². The van der Waals surface area contributed by atoms with Gasteiger partial charge >= 0.3 is 59.0 Å². The molecule has 0 spiro atoms. The summed E-state index contributed by atoms with van der Waals surface area (Å²) in [5.41, 5.74) is 0. The fourth-order valence-corrected chi connectivity index (χ4v) is 0.391. The molecule has 4 nitrogen and oxygen atoms in total. The third-order valence-corrected chi connectivity index (χ3v) is 1.17. The quantitative estimate of drug-likeness (QED) is 0.291. The summed E-state index contributed by atoms with van der Waals surface area (Å²) in [6.07, 6.45) is -0.438. The SMILES string of the molecule is O=P(O)(O)CCO.[H-].[K+]. The minimum Gasteiger partial charge on any atom is -1.00 e. The van der Waals surface area contributed by atoms with E-state index in [1.807, 2.05) is 0 Å². The van der Waals surface area contributed by atoms with Gasteiger partial charge in [0.05, 0.1) is 12.8 Å². The zero-order valence-corrected chi connectivity index (χ0v) is 8.63. The Bertz CT molecular complexity index is 92.6. The fourth-order valence-electron chi connectivity index (χ4n) is 0.130. The van der Waals surface area contributed by atoms with Crippen LogP contribution in [0, 0.1) is 0 Å². The third-order valence-electron chi connectivity index (χ3n) is 0.391. The monoisotopic (exact) mass is 166 g/mol. The average molecular weight is 166 g/mol. The molecule has 0 saturated carbocycles. The maximum absolute atomic E-state index is 9.77. The van der Waals surface area contributed by atoms with Gasteiger partial charge in [0.15, 0.2) is 0 Å². The minimum absolute atomic E-state index is 0. The predicted octanol–water partition coefficient (Wildman–Crippen LogP) is -3.73. The van der Waals surface area contributed by atoms with Gasteiger partial charge in [0.2, 0.25) is 0 Å². The van der Waals surface area contributed by atoms with E-state index in [4.69, 9.17) is 14.9 Å². The smallest absolute Gasteiger partial charge is 1.00 e. The molecule has 0 aliphatic rings. The van der Waals surface area contributed by atoms with Crippen molar-refractivity contribution < 1.29 is 72.3 Å². The molecule has 0 aromatic carbocycles. The van der Waals surface area contributed by atoms with Crippen molar-refractivity contribution in [2.24, 2.45) is 0 Å². The molecular formula is C2H8KO4P. The third kappa shape index (κ3) is 10.7. The minimum atomic E-state index is -3.92. The Hall–Kier alpha value is 1.75. The molecule has 0 rings (SSSR count). The van der Waals surface area contributed by atoms with Gasteiger partial charge in [0.1, 0.15) is 0 Å². The van der Waals surface area contributed by atoms with Crippen molar-refractivity contribution >= 4 is 7.60 Å². The molecular weight excluding hydrogens is 158 g/mol. The van der Waals surface area contributed by atoms with E-state index in [0.717, 1.165) is 0 Å². The summed E-state index contributed by atoms with van der Waals surface area (Å²) in [5, 5.41) is 7.91. The maximum atomic E-state index is 9.77. The van der Waals surface area contributed by atoms with Gasteiger partial charge in [-0.15, -0.1) is 0 Å². The first-order valence-corrected chi connectivity index (χ1v) is 3.51. The van der Waals surface area contributed by atoms with Crippen LogP contribution in [0.1, 0.15) is 1.43 Å². The van der Waals surface area contributed by atoms with E-state index in [1.165, 1.54) is 0 Å². The number of hydrogen-bond donors (Lipinski definition) is 3. The van der Waals surface area contributed by atoms with Crippen LogP contribution in [0.3, 0.4) is 0 Å². The van der Waals surface area contributed by atoms with Crippen LogP contribution in [0.4, 0.5) is 0 Å². The van der Waals surface area contributed by atoms with Crippen molar-refractivity contribution in [2.75, 3.05) is 12.8 Å². The molecule has 0 fully saturated rings. The molecule has 8 heavy (non-hydrogen) atoms. The normalized spacial score (nSPS) is 10.4. The number of rotatable bonds is 2. The maximum Gasteiger partial charge on any atom is 1.00 e. The van der Waals surface area contributed by atoms with Gasteiger partial charge in [-0.25, -0.2) is 0 Å². The first-order valence-electron chi connectivity index (χ1n) is 1.72. The van der Waals surface area contributed by atoms with Crippen LogP contribution in [0.15, 0.2) is 0 Å². The summed E-state index contributed by atoms with van der Waals surface area (Å²) >= 11 is 0. The summed E-state index contributed by atoms with van der Waals surface area (Å²) in [5.74, 6) is 0. The molecule has 0 aromatic heterocycles. The van der Waals surface area contributed by atoms with Crippen LogP contribution < -0.4 is 51.4 Å². The van der Waals surface area contributed by atoms with Gasteiger partial charge in [-0.1, -0.05) is 0 Å². The Morgan fingerprint density at radius 3 is 1.88 bits per heavy atom. The van der Waals surface area contributed by atoms with Crippen LogP contribution in [0.2, 0.25) is 0 Å². The largest absolute Gasteiger partial charge is 1.00 e. The van der Waals surface area contributed by atoms with Crippen molar-refractivity contribution in [1.29, 1.82) is 0 Å². The van der Waals surface area contributed by atoms with Crippen molar-refractivity contribution in [3.63, 3.8) is 0 Å². The van der Waals surface area contributed by atoms with E-state index in [2.05, 4.69) is 0 Å². The summed E-state index contributed by atoms with van der Waals surface area (Å²) in [4.78, 5) is 15.9. The Kier molecular flexibility index (Phi) is 8.58. The van der Waals surface area contributed by atoms with Crippen molar-refractivity contribution in [3.8, 4) is 0 Å². The molecule has 0 bridgehead atoms. The first kappa shape index (κ1) is 12.4. The van der Waals surface area contributed by atoms with E-state index in [9.17, 15) is 4.57 Å². The Morgan fingerprint density at radius 2 is 1.88 bits per heavy atom. The van der Waals surface area contributed by atoms with E-state index in [0.29, 0.717) is 0 Å². The molecule has 0 unspecified atom stereocenters. The van der Waals surface area contributed by atoms with Crippen molar-refractivity contribution in [3.05, 3.63) is 0 Å². The summed E-state index contributed by atoms with van der Waals surface area (Å²) in [6.45, 7) is -0.454. The first-order chi connectivity index (χ1) is 3.06. The fraction of sp³-hybridized carbons (Fsp3) is 1.00. The standard InChI is InChI=1S/C2H7O4P.K.H/c3-1-2-7(4,5)6;;/h3H,1-2H2,(H2,4,5,6);;/q;+1;-1. The van der Waals surface area contributed by atoms with Crippen LogP contribution in [-0.2, 0) is 4.57 Å². The molecule has 6 heteroatoms.